The molecule has 0 spiro atoms. The minimum absolute atomic E-state index is 0.0223. The van der Waals surface area contributed by atoms with Gasteiger partial charge >= 0.3 is 0 Å². The molecular formula is C10H16N2OS. The normalized spacial score (nSPS) is 10.6. The lowest BCUT2D eigenvalue weighted by molar-refractivity contribution is 0.0965. The molecule has 1 amide bonds. The van der Waals surface area contributed by atoms with E-state index in [9.17, 15) is 4.79 Å². The van der Waals surface area contributed by atoms with Crippen molar-refractivity contribution in [2.45, 2.75) is 33.1 Å². The lowest BCUT2D eigenvalue weighted by Gasteiger charge is -2.02. The van der Waals surface area contributed by atoms with Crippen LogP contribution in [0.1, 0.15) is 47.1 Å². The van der Waals surface area contributed by atoms with E-state index in [-0.39, 0.29) is 5.91 Å². The van der Waals surface area contributed by atoms with Gasteiger partial charge in [-0.2, -0.15) is 0 Å². The summed E-state index contributed by atoms with van der Waals surface area (Å²) in [6, 6.07) is 0. The molecule has 0 aromatic carbocycles. The predicted octanol–water partition coefficient (Wildman–Crippen LogP) is 2.19. The third kappa shape index (κ3) is 2.12. The number of aromatic nitrogens is 1. The summed E-state index contributed by atoms with van der Waals surface area (Å²) in [6.07, 6.45) is 0.890. The molecule has 3 nitrogen and oxygen atoms in total. The van der Waals surface area contributed by atoms with Crippen molar-refractivity contribution in [3.05, 3.63) is 15.6 Å². The third-order valence-corrected chi connectivity index (χ3v) is 3.19. The summed E-state index contributed by atoms with van der Waals surface area (Å²) in [7, 11) is 1.65. The molecule has 0 bridgehead atoms. The smallest absolute Gasteiger partial charge is 0.263 e. The van der Waals surface area contributed by atoms with E-state index in [4.69, 9.17) is 0 Å². The van der Waals surface area contributed by atoms with Crippen LogP contribution in [-0.2, 0) is 6.42 Å². The largest absolute Gasteiger partial charge is 0.354 e. The SMILES string of the molecule is CCc1nc(C(C)C)c(C(=O)NC)s1. The molecule has 0 unspecified atom stereocenters. The molecule has 0 aliphatic heterocycles. The first-order valence-corrected chi connectivity index (χ1v) is 5.63. The Labute approximate surface area is 88.6 Å². The molecular weight excluding hydrogens is 196 g/mol. The zero-order valence-corrected chi connectivity index (χ0v) is 9.86. The predicted molar refractivity (Wildman–Crippen MR) is 59.0 cm³/mol. The maximum Gasteiger partial charge on any atom is 0.263 e. The molecule has 1 heterocycles. The fourth-order valence-electron chi connectivity index (χ4n) is 1.20. The summed E-state index contributed by atoms with van der Waals surface area (Å²) in [6.45, 7) is 6.17. The molecule has 0 saturated heterocycles. The molecule has 1 aromatic rings. The van der Waals surface area contributed by atoms with Crippen molar-refractivity contribution in [2.24, 2.45) is 0 Å². The van der Waals surface area contributed by atoms with Crippen LogP contribution in [0, 0.1) is 0 Å². The minimum Gasteiger partial charge on any atom is -0.354 e. The molecule has 0 aliphatic rings. The van der Waals surface area contributed by atoms with Crippen LogP contribution in [-0.4, -0.2) is 17.9 Å². The van der Waals surface area contributed by atoms with Gasteiger partial charge < -0.3 is 5.32 Å². The molecule has 14 heavy (non-hydrogen) atoms. The van der Waals surface area contributed by atoms with Crippen molar-refractivity contribution in [1.82, 2.24) is 10.3 Å². The Bertz CT molecular complexity index is 331. The standard InChI is InChI=1S/C10H16N2OS/c1-5-7-12-8(6(2)3)9(14-7)10(13)11-4/h6H,5H2,1-4H3,(H,11,13). The number of hydrogen-bond acceptors (Lipinski definition) is 3. The molecule has 4 heteroatoms. The molecule has 78 valence electrons. The number of hydrogen-bond donors (Lipinski definition) is 1. The van der Waals surface area contributed by atoms with Crippen molar-refractivity contribution in [3.63, 3.8) is 0 Å². The van der Waals surface area contributed by atoms with Gasteiger partial charge in [0.1, 0.15) is 4.88 Å². The average Bonchev–Trinajstić information content (AvgIpc) is 2.60. The first-order chi connectivity index (χ1) is 6.60. The van der Waals surface area contributed by atoms with Gasteiger partial charge in [0.15, 0.2) is 0 Å². The Morgan fingerprint density at radius 3 is 2.64 bits per heavy atom. The number of thiazole rings is 1. The van der Waals surface area contributed by atoms with Gasteiger partial charge in [0.05, 0.1) is 10.7 Å². The molecule has 1 rings (SSSR count). The molecule has 0 aliphatic carbocycles. The van der Waals surface area contributed by atoms with E-state index in [0.717, 1.165) is 22.0 Å². The molecule has 0 atom stereocenters. The zero-order chi connectivity index (χ0) is 10.7. The highest BCUT2D eigenvalue weighted by Crippen LogP contribution is 2.25. The number of rotatable bonds is 3. The van der Waals surface area contributed by atoms with Crippen molar-refractivity contribution in [3.8, 4) is 0 Å². The zero-order valence-electron chi connectivity index (χ0n) is 9.05. The van der Waals surface area contributed by atoms with Crippen LogP contribution in [0.25, 0.3) is 0 Å². The summed E-state index contributed by atoms with van der Waals surface area (Å²) in [5, 5.41) is 3.68. The molecule has 0 fully saturated rings. The Hall–Kier alpha value is -0.900. The van der Waals surface area contributed by atoms with Gasteiger partial charge in [-0.25, -0.2) is 4.98 Å². The Kier molecular flexibility index (Phi) is 3.63. The van der Waals surface area contributed by atoms with Crippen LogP contribution in [0.15, 0.2) is 0 Å². The number of nitrogens with one attached hydrogen (secondary N) is 1. The van der Waals surface area contributed by atoms with E-state index in [1.54, 1.807) is 7.05 Å². The molecule has 1 N–H and O–H groups in total. The summed E-state index contributed by atoms with van der Waals surface area (Å²) in [4.78, 5) is 16.7. The Morgan fingerprint density at radius 2 is 2.21 bits per heavy atom. The number of carbonyl (C=O) groups excluding carboxylic acids is 1. The van der Waals surface area contributed by atoms with Crippen LogP contribution >= 0.6 is 11.3 Å². The maximum atomic E-state index is 11.5. The van der Waals surface area contributed by atoms with Gasteiger partial charge in [-0.05, 0) is 12.3 Å². The van der Waals surface area contributed by atoms with Crippen LogP contribution in [0.3, 0.4) is 0 Å². The van der Waals surface area contributed by atoms with E-state index in [2.05, 4.69) is 31.1 Å². The lowest BCUT2D eigenvalue weighted by atomic mass is 10.1. The average molecular weight is 212 g/mol. The molecule has 0 radical (unpaired) electrons. The quantitative estimate of drug-likeness (QED) is 0.834. The van der Waals surface area contributed by atoms with Crippen LogP contribution in [0.5, 0.6) is 0 Å². The first kappa shape index (κ1) is 11.2. The molecule has 0 saturated carbocycles. The summed E-state index contributed by atoms with van der Waals surface area (Å²) in [5.74, 6) is 0.282. The topological polar surface area (TPSA) is 42.0 Å². The fraction of sp³-hybridized carbons (Fsp3) is 0.600. The maximum absolute atomic E-state index is 11.5. The van der Waals surface area contributed by atoms with Gasteiger partial charge in [0, 0.05) is 7.05 Å². The van der Waals surface area contributed by atoms with Crippen molar-refractivity contribution >= 4 is 17.2 Å². The van der Waals surface area contributed by atoms with E-state index in [1.165, 1.54) is 11.3 Å². The van der Waals surface area contributed by atoms with Crippen LogP contribution in [0.2, 0.25) is 0 Å². The second kappa shape index (κ2) is 4.55. The lowest BCUT2D eigenvalue weighted by Crippen LogP contribution is -2.18. The second-order valence-corrected chi connectivity index (χ2v) is 4.49. The van der Waals surface area contributed by atoms with E-state index in [0.29, 0.717) is 5.92 Å². The van der Waals surface area contributed by atoms with Crippen LogP contribution < -0.4 is 5.32 Å². The van der Waals surface area contributed by atoms with Gasteiger partial charge in [-0.15, -0.1) is 11.3 Å². The monoisotopic (exact) mass is 212 g/mol. The summed E-state index contributed by atoms with van der Waals surface area (Å²) < 4.78 is 0. The van der Waals surface area contributed by atoms with Gasteiger partial charge in [-0.3, -0.25) is 4.79 Å². The van der Waals surface area contributed by atoms with Crippen LogP contribution in [0.4, 0.5) is 0 Å². The second-order valence-electron chi connectivity index (χ2n) is 3.41. The Balaban J connectivity index is 3.12. The van der Waals surface area contributed by atoms with Gasteiger partial charge in [-0.1, -0.05) is 20.8 Å². The third-order valence-electron chi connectivity index (χ3n) is 1.98. The van der Waals surface area contributed by atoms with E-state index < -0.39 is 0 Å². The number of nitrogens with zero attached hydrogens (tertiary/aromatic N) is 1. The van der Waals surface area contributed by atoms with Crippen molar-refractivity contribution in [1.29, 1.82) is 0 Å². The van der Waals surface area contributed by atoms with E-state index in [1.807, 2.05) is 0 Å². The highest BCUT2D eigenvalue weighted by atomic mass is 32.1. The van der Waals surface area contributed by atoms with Gasteiger partial charge in [0.2, 0.25) is 0 Å². The van der Waals surface area contributed by atoms with Gasteiger partial charge in [0.25, 0.3) is 5.91 Å². The Morgan fingerprint density at radius 1 is 1.57 bits per heavy atom. The highest BCUT2D eigenvalue weighted by molar-refractivity contribution is 7.13. The first-order valence-electron chi connectivity index (χ1n) is 4.81. The minimum atomic E-state index is -0.0223. The number of amides is 1. The number of carbonyl (C=O) groups is 1. The summed E-state index contributed by atoms with van der Waals surface area (Å²) >= 11 is 1.50. The van der Waals surface area contributed by atoms with Crippen molar-refractivity contribution in [2.75, 3.05) is 7.05 Å². The van der Waals surface area contributed by atoms with Crippen molar-refractivity contribution < 1.29 is 4.79 Å². The number of aryl methyl sites for hydroxylation is 1. The summed E-state index contributed by atoms with van der Waals surface area (Å²) in [5.41, 5.74) is 0.922. The highest BCUT2D eigenvalue weighted by Gasteiger charge is 2.18. The molecule has 1 aromatic heterocycles. The van der Waals surface area contributed by atoms with E-state index >= 15 is 0 Å². The fourth-order valence-corrected chi connectivity index (χ4v) is 2.30.